The molecule has 98 valence electrons. The Kier molecular flexibility index (Phi) is 5.92. The number of rotatable bonds is 7. The van der Waals surface area contributed by atoms with Crippen molar-refractivity contribution in [3.05, 3.63) is 34.3 Å². The van der Waals surface area contributed by atoms with Gasteiger partial charge in [-0.2, -0.15) is 0 Å². The molecule has 0 bridgehead atoms. The van der Waals surface area contributed by atoms with Crippen LogP contribution in [0.4, 0.5) is 0 Å². The fourth-order valence-corrected chi connectivity index (χ4v) is 1.91. The zero-order valence-electron chi connectivity index (χ0n) is 10.7. The first-order chi connectivity index (χ1) is 8.62. The van der Waals surface area contributed by atoms with Crippen molar-refractivity contribution in [1.82, 2.24) is 0 Å². The molecule has 0 saturated carbocycles. The molecule has 0 aromatic heterocycles. The van der Waals surface area contributed by atoms with Crippen molar-refractivity contribution in [2.24, 2.45) is 0 Å². The van der Waals surface area contributed by atoms with Crippen molar-refractivity contribution >= 4 is 22.2 Å². The van der Waals surface area contributed by atoms with Gasteiger partial charge in [0.05, 0.1) is 11.1 Å². The fraction of sp³-hybridized carbons (Fsp3) is 0.357. The quantitative estimate of drug-likeness (QED) is 0.564. The lowest BCUT2D eigenvalue weighted by Crippen LogP contribution is -2.03. The lowest BCUT2D eigenvalue weighted by Gasteiger charge is -2.14. The standard InChI is InChI=1S/C14H17BrO3/c1-4-10(3)9-18-14-12(15)6-11(8-16)7-13(14)17-5-2/h6-8H,3-5,9H2,1-2H3. The Hall–Kier alpha value is -1.29. The van der Waals surface area contributed by atoms with Crippen LogP contribution in [-0.4, -0.2) is 19.5 Å². The summed E-state index contributed by atoms with van der Waals surface area (Å²) < 4.78 is 11.9. The predicted molar refractivity (Wildman–Crippen MR) is 75.6 cm³/mol. The van der Waals surface area contributed by atoms with Crippen LogP contribution < -0.4 is 9.47 Å². The number of aldehydes is 1. The van der Waals surface area contributed by atoms with Crippen LogP contribution in [0.5, 0.6) is 11.5 Å². The molecular weight excluding hydrogens is 296 g/mol. The average Bonchev–Trinajstić information content (AvgIpc) is 2.37. The molecule has 0 spiro atoms. The molecule has 0 radical (unpaired) electrons. The summed E-state index contributed by atoms with van der Waals surface area (Å²) in [7, 11) is 0. The molecule has 3 nitrogen and oxygen atoms in total. The highest BCUT2D eigenvalue weighted by Gasteiger charge is 2.12. The minimum atomic E-state index is 0.440. The van der Waals surface area contributed by atoms with E-state index < -0.39 is 0 Å². The van der Waals surface area contributed by atoms with Gasteiger partial charge in [0.1, 0.15) is 12.9 Å². The van der Waals surface area contributed by atoms with E-state index in [9.17, 15) is 4.79 Å². The topological polar surface area (TPSA) is 35.5 Å². The third kappa shape index (κ3) is 3.88. The van der Waals surface area contributed by atoms with Gasteiger partial charge in [-0.05, 0) is 47.0 Å². The molecule has 18 heavy (non-hydrogen) atoms. The van der Waals surface area contributed by atoms with Crippen LogP contribution in [-0.2, 0) is 0 Å². The lowest BCUT2D eigenvalue weighted by atomic mass is 10.2. The van der Waals surface area contributed by atoms with Crippen molar-refractivity contribution in [1.29, 1.82) is 0 Å². The monoisotopic (exact) mass is 312 g/mol. The minimum absolute atomic E-state index is 0.440. The fourth-order valence-electron chi connectivity index (χ4n) is 1.34. The van der Waals surface area contributed by atoms with Crippen LogP contribution >= 0.6 is 15.9 Å². The third-order valence-electron chi connectivity index (χ3n) is 2.39. The highest BCUT2D eigenvalue weighted by Crippen LogP contribution is 2.36. The van der Waals surface area contributed by atoms with Crippen LogP contribution in [0.25, 0.3) is 0 Å². The summed E-state index contributed by atoms with van der Waals surface area (Å²) >= 11 is 3.39. The molecule has 0 aliphatic heterocycles. The van der Waals surface area contributed by atoms with E-state index >= 15 is 0 Å². The summed E-state index contributed by atoms with van der Waals surface area (Å²) in [5.41, 5.74) is 1.55. The molecule has 0 fully saturated rings. The molecule has 0 saturated heterocycles. The van der Waals surface area contributed by atoms with E-state index in [2.05, 4.69) is 22.5 Å². The van der Waals surface area contributed by atoms with Gasteiger partial charge in [0, 0.05) is 5.56 Å². The largest absolute Gasteiger partial charge is 0.490 e. The van der Waals surface area contributed by atoms with Gasteiger partial charge in [0.2, 0.25) is 0 Å². The van der Waals surface area contributed by atoms with E-state index in [0.29, 0.717) is 34.7 Å². The molecular formula is C14H17BrO3. The summed E-state index contributed by atoms with van der Waals surface area (Å²) in [4.78, 5) is 10.8. The average molecular weight is 313 g/mol. The molecule has 0 atom stereocenters. The van der Waals surface area contributed by atoms with Gasteiger partial charge in [-0.15, -0.1) is 0 Å². The summed E-state index contributed by atoms with van der Waals surface area (Å²) in [6.07, 6.45) is 1.65. The van der Waals surface area contributed by atoms with Crippen molar-refractivity contribution in [2.45, 2.75) is 20.3 Å². The van der Waals surface area contributed by atoms with Crippen LogP contribution in [0.3, 0.4) is 0 Å². The Morgan fingerprint density at radius 1 is 1.39 bits per heavy atom. The van der Waals surface area contributed by atoms with E-state index in [1.807, 2.05) is 13.8 Å². The Morgan fingerprint density at radius 2 is 2.11 bits per heavy atom. The zero-order chi connectivity index (χ0) is 13.5. The SMILES string of the molecule is C=C(CC)COc1c(Br)cc(C=O)cc1OCC. The van der Waals surface area contributed by atoms with Crippen LogP contribution in [0.2, 0.25) is 0 Å². The van der Waals surface area contributed by atoms with Gasteiger partial charge < -0.3 is 9.47 Å². The van der Waals surface area contributed by atoms with Gasteiger partial charge in [0.25, 0.3) is 0 Å². The van der Waals surface area contributed by atoms with E-state index in [0.717, 1.165) is 18.3 Å². The molecule has 0 heterocycles. The van der Waals surface area contributed by atoms with Crippen molar-refractivity contribution in [3.8, 4) is 11.5 Å². The molecule has 0 aliphatic rings. The number of halogens is 1. The summed E-state index contributed by atoms with van der Waals surface area (Å²) in [6, 6.07) is 3.38. The first kappa shape index (κ1) is 14.8. The first-order valence-electron chi connectivity index (χ1n) is 5.83. The maximum absolute atomic E-state index is 10.8. The van der Waals surface area contributed by atoms with E-state index in [1.54, 1.807) is 12.1 Å². The maximum Gasteiger partial charge on any atom is 0.175 e. The van der Waals surface area contributed by atoms with Gasteiger partial charge >= 0.3 is 0 Å². The number of hydrogen-bond donors (Lipinski definition) is 0. The number of ether oxygens (including phenoxy) is 2. The number of carbonyl (C=O) groups excluding carboxylic acids is 1. The van der Waals surface area contributed by atoms with E-state index in [4.69, 9.17) is 9.47 Å². The zero-order valence-corrected chi connectivity index (χ0v) is 12.2. The van der Waals surface area contributed by atoms with Crippen molar-refractivity contribution in [2.75, 3.05) is 13.2 Å². The molecule has 0 unspecified atom stereocenters. The van der Waals surface area contributed by atoms with Crippen molar-refractivity contribution < 1.29 is 14.3 Å². The van der Waals surface area contributed by atoms with E-state index in [1.165, 1.54) is 0 Å². The Balaban J connectivity index is 2.99. The Bertz CT molecular complexity index is 441. The van der Waals surface area contributed by atoms with Gasteiger partial charge in [-0.1, -0.05) is 13.5 Å². The summed E-state index contributed by atoms with van der Waals surface area (Å²) in [5, 5.41) is 0. The molecule has 1 aromatic carbocycles. The van der Waals surface area contributed by atoms with E-state index in [-0.39, 0.29) is 0 Å². The molecule has 0 amide bonds. The normalized spacial score (nSPS) is 9.94. The van der Waals surface area contributed by atoms with Gasteiger partial charge in [0.15, 0.2) is 11.5 Å². The lowest BCUT2D eigenvalue weighted by molar-refractivity contribution is 0.112. The second-order valence-electron chi connectivity index (χ2n) is 3.77. The van der Waals surface area contributed by atoms with Gasteiger partial charge in [-0.3, -0.25) is 4.79 Å². The van der Waals surface area contributed by atoms with Crippen molar-refractivity contribution in [3.63, 3.8) is 0 Å². The molecule has 4 heteroatoms. The Morgan fingerprint density at radius 3 is 2.67 bits per heavy atom. The Labute approximate surface area is 116 Å². The van der Waals surface area contributed by atoms with Crippen LogP contribution in [0.15, 0.2) is 28.8 Å². The molecule has 1 aromatic rings. The number of carbonyl (C=O) groups is 1. The second-order valence-corrected chi connectivity index (χ2v) is 4.63. The highest BCUT2D eigenvalue weighted by molar-refractivity contribution is 9.10. The molecule has 0 aliphatic carbocycles. The number of hydrogen-bond acceptors (Lipinski definition) is 3. The molecule has 1 rings (SSSR count). The smallest absolute Gasteiger partial charge is 0.175 e. The maximum atomic E-state index is 10.8. The number of benzene rings is 1. The third-order valence-corrected chi connectivity index (χ3v) is 2.98. The minimum Gasteiger partial charge on any atom is -0.490 e. The molecule has 0 N–H and O–H groups in total. The van der Waals surface area contributed by atoms with Gasteiger partial charge in [-0.25, -0.2) is 0 Å². The first-order valence-corrected chi connectivity index (χ1v) is 6.62. The highest BCUT2D eigenvalue weighted by atomic mass is 79.9. The summed E-state index contributed by atoms with van der Waals surface area (Å²) in [5.74, 6) is 1.18. The van der Waals surface area contributed by atoms with Crippen LogP contribution in [0.1, 0.15) is 30.6 Å². The predicted octanol–water partition coefficient (Wildman–Crippen LogP) is 4.01. The second kappa shape index (κ2) is 7.21. The van der Waals surface area contributed by atoms with Crippen LogP contribution in [0, 0.1) is 0 Å². The summed E-state index contributed by atoms with van der Waals surface area (Å²) in [6.45, 7) is 8.76.